The summed E-state index contributed by atoms with van der Waals surface area (Å²) in [7, 11) is 4.03. The van der Waals surface area contributed by atoms with Gasteiger partial charge in [-0.3, -0.25) is 4.40 Å². The van der Waals surface area contributed by atoms with Gasteiger partial charge in [-0.05, 0) is 12.0 Å². The van der Waals surface area contributed by atoms with Crippen molar-refractivity contribution < 1.29 is 5.94 Å². The highest BCUT2D eigenvalue weighted by atomic mass is 15.2. The van der Waals surface area contributed by atoms with Gasteiger partial charge in [-0.1, -0.05) is 13.8 Å². The lowest BCUT2D eigenvalue weighted by Gasteiger charge is -2.06. The van der Waals surface area contributed by atoms with Gasteiger partial charge in [0.15, 0.2) is 6.20 Å². The van der Waals surface area contributed by atoms with Gasteiger partial charge in [0.05, 0.1) is 0 Å². The number of nitrogens with zero attached hydrogens (tertiary/aromatic N) is 4. The molecule has 0 N–H and O–H groups in total. The third-order valence-electron chi connectivity index (χ3n) is 3.54. The largest absolute Gasteiger partial charge is 0.308 e. The first-order valence-corrected chi connectivity index (χ1v) is 6.37. The van der Waals surface area contributed by atoms with Crippen LogP contribution in [0, 0.1) is 0 Å². The lowest BCUT2D eigenvalue weighted by molar-refractivity contribution is -0.661. The Morgan fingerprint density at radius 1 is 1.37 bits per heavy atom. The standard InChI is InChI=1S/C15H19N4/c1-11(2)12-5-6-13(17(3)9-12)14-10-19-8-7-16-15(19)18(14)4/h5-11H,1-4H3/q+1/i11D. The van der Waals surface area contributed by atoms with Crippen molar-refractivity contribution in [3.05, 3.63) is 42.5 Å². The van der Waals surface area contributed by atoms with Crippen LogP contribution in [0.1, 0.15) is 26.7 Å². The van der Waals surface area contributed by atoms with Crippen molar-refractivity contribution in [2.24, 2.45) is 14.1 Å². The quantitative estimate of drug-likeness (QED) is 0.646. The molecule has 3 aromatic heterocycles. The van der Waals surface area contributed by atoms with Crippen LogP contribution in [0.2, 0.25) is 0 Å². The number of aryl methyl sites for hydroxylation is 2. The Bertz CT molecular complexity index is 777. The molecule has 0 saturated heterocycles. The normalized spacial score (nSPS) is 12.9. The van der Waals surface area contributed by atoms with Gasteiger partial charge >= 0.3 is 0 Å². The van der Waals surface area contributed by atoms with E-state index in [1.54, 1.807) is 6.20 Å². The highest BCUT2D eigenvalue weighted by molar-refractivity contribution is 5.56. The number of pyridine rings is 1. The molecule has 0 saturated carbocycles. The first kappa shape index (κ1) is 10.8. The van der Waals surface area contributed by atoms with E-state index in [0.717, 1.165) is 22.7 Å². The Morgan fingerprint density at radius 3 is 2.79 bits per heavy atom. The van der Waals surface area contributed by atoms with E-state index in [1.807, 2.05) is 50.8 Å². The molecule has 0 bridgehead atoms. The van der Waals surface area contributed by atoms with Crippen molar-refractivity contribution in [2.75, 3.05) is 0 Å². The second-order valence-electron chi connectivity index (χ2n) is 5.12. The molecule has 0 aliphatic heterocycles. The molecular weight excluding hydrogens is 236 g/mol. The summed E-state index contributed by atoms with van der Waals surface area (Å²) in [5.74, 6) is 0.337. The molecule has 0 radical (unpaired) electrons. The van der Waals surface area contributed by atoms with E-state index < -0.39 is 5.89 Å². The van der Waals surface area contributed by atoms with Crippen LogP contribution in [0.15, 0.2) is 36.9 Å². The van der Waals surface area contributed by atoms with Gasteiger partial charge < -0.3 is 4.57 Å². The van der Waals surface area contributed by atoms with Gasteiger partial charge in [0.25, 0.3) is 0 Å². The number of hydrogen-bond donors (Lipinski definition) is 0. The number of hydrogen-bond acceptors (Lipinski definition) is 1. The number of rotatable bonds is 2. The van der Waals surface area contributed by atoms with E-state index in [4.69, 9.17) is 1.37 Å². The molecule has 98 valence electrons. The second-order valence-corrected chi connectivity index (χ2v) is 5.12. The van der Waals surface area contributed by atoms with E-state index in [1.165, 1.54) is 0 Å². The highest BCUT2D eigenvalue weighted by Gasteiger charge is 2.17. The van der Waals surface area contributed by atoms with Gasteiger partial charge in [-0.2, -0.15) is 4.57 Å². The van der Waals surface area contributed by atoms with Crippen molar-refractivity contribution in [1.82, 2.24) is 14.0 Å². The van der Waals surface area contributed by atoms with Crippen molar-refractivity contribution in [3.63, 3.8) is 0 Å². The summed E-state index contributed by atoms with van der Waals surface area (Å²) in [5.41, 5.74) is 3.21. The summed E-state index contributed by atoms with van der Waals surface area (Å²) in [6, 6.07) is 4.10. The van der Waals surface area contributed by atoms with E-state index >= 15 is 0 Å². The maximum atomic E-state index is 8.12. The molecule has 4 nitrogen and oxygen atoms in total. The maximum absolute atomic E-state index is 8.12. The first-order chi connectivity index (χ1) is 9.38. The van der Waals surface area contributed by atoms with Crippen LogP contribution < -0.4 is 4.57 Å². The molecule has 0 fully saturated rings. The van der Waals surface area contributed by atoms with E-state index in [0.29, 0.717) is 0 Å². The molecular formula is C15H19N4+. The molecule has 0 aromatic carbocycles. The third-order valence-corrected chi connectivity index (χ3v) is 3.54. The molecule has 3 aromatic rings. The van der Waals surface area contributed by atoms with Crippen LogP contribution in [0.3, 0.4) is 0 Å². The fourth-order valence-corrected chi connectivity index (χ4v) is 2.40. The molecule has 19 heavy (non-hydrogen) atoms. The van der Waals surface area contributed by atoms with Gasteiger partial charge in [0.1, 0.15) is 12.7 Å². The minimum Gasteiger partial charge on any atom is -0.308 e. The predicted octanol–water partition coefficient (Wildman–Crippen LogP) is 2.29. The SMILES string of the molecule is [2H]C(C)(C)c1ccc(-c2cn3ccnc3n2C)[n+](C)c1. The van der Waals surface area contributed by atoms with Crippen LogP contribution >= 0.6 is 0 Å². The molecule has 3 rings (SSSR count). The molecule has 0 aliphatic carbocycles. The Morgan fingerprint density at radius 2 is 2.16 bits per heavy atom. The zero-order valence-electron chi connectivity index (χ0n) is 12.8. The average molecular weight is 256 g/mol. The van der Waals surface area contributed by atoms with Gasteiger partial charge in [0, 0.05) is 38.6 Å². The number of fused-ring (bicyclic) bond motifs is 1. The summed E-state index contributed by atoms with van der Waals surface area (Å²) >= 11 is 0. The Labute approximate surface area is 114 Å². The third kappa shape index (κ3) is 1.84. The Balaban J connectivity index is 2.15. The molecule has 4 heteroatoms. The van der Waals surface area contributed by atoms with E-state index in [2.05, 4.69) is 26.4 Å². The fourth-order valence-electron chi connectivity index (χ4n) is 2.40. The summed E-state index contributed by atoms with van der Waals surface area (Å²) in [6.45, 7) is 3.80. The fraction of sp³-hybridized carbons (Fsp3) is 0.333. The Kier molecular flexibility index (Phi) is 2.40. The van der Waals surface area contributed by atoms with Crippen molar-refractivity contribution in [2.45, 2.75) is 19.7 Å². The monoisotopic (exact) mass is 256 g/mol. The first-order valence-electron chi connectivity index (χ1n) is 6.87. The minimum atomic E-state index is -0.584. The van der Waals surface area contributed by atoms with Gasteiger partial charge in [-0.15, -0.1) is 0 Å². The topological polar surface area (TPSA) is 26.1 Å². The van der Waals surface area contributed by atoms with Crippen LogP contribution in [0.25, 0.3) is 17.2 Å². The van der Waals surface area contributed by atoms with Crippen LogP contribution in [-0.2, 0) is 14.1 Å². The van der Waals surface area contributed by atoms with Crippen molar-refractivity contribution in [1.29, 1.82) is 0 Å². The number of aromatic nitrogens is 4. The minimum absolute atomic E-state index is 0.584. The molecule has 0 aliphatic rings. The van der Waals surface area contributed by atoms with Gasteiger partial charge in [-0.25, -0.2) is 4.98 Å². The van der Waals surface area contributed by atoms with Crippen LogP contribution in [0.5, 0.6) is 0 Å². The summed E-state index contributed by atoms with van der Waals surface area (Å²) in [4.78, 5) is 4.34. The molecule has 0 amide bonds. The molecule has 3 heterocycles. The maximum Gasteiger partial charge on any atom is 0.230 e. The number of imidazole rings is 2. The zero-order valence-corrected chi connectivity index (χ0v) is 11.8. The average Bonchev–Trinajstić information content (AvgIpc) is 2.92. The summed E-state index contributed by atoms with van der Waals surface area (Å²) in [6.07, 6.45) is 7.84. The lowest BCUT2D eigenvalue weighted by atomic mass is 10.1. The molecule has 0 spiro atoms. The zero-order chi connectivity index (χ0) is 14.5. The van der Waals surface area contributed by atoms with Crippen LogP contribution in [0.4, 0.5) is 0 Å². The lowest BCUT2D eigenvalue weighted by Crippen LogP contribution is -2.32. The second kappa shape index (κ2) is 4.23. The van der Waals surface area contributed by atoms with Crippen molar-refractivity contribution in [3.8, 4) is 11.4 Å². The molecule has 0 unspecified atom stereocenters. The van der Waals surface area contributed by atoms with Gasteiger partial charge in [0.2, 0.25) is 11.5 Å². The van der Waals surface area contributed by atoms with Crippen LogP contribution in [-0.4, -0.2) is 14.0 Å². The van der Waals surface area contributed by atoms with E-state index in [-0.39, 0.29) is 0 Å². The van der Waals surface area contributed by atoms with E-state index in [9.17, 15) is 0 Å². The predicted molar refractivity (Wildman–Crippen MR) is 74.9 cm³/mol. The van der Waals surface area contributed by atoms with Crippen molar-refractivity contribution >= 4 is 5.78 Å². The summed E-state index contributed by atoms with van der Waals surface area (Å²) in [5, 5.41) is 0. The summed E-state index contributed by atoms with van der Waals surface area (Å²) < 4.78 is 14.3. The molecule has 0 atom stereocenters. The smallest absolute Gasteiger partial charge is 0.230 e. The Hall–Kier alpha value is -2.10. The highest BCUT2D eigenvalue weighted by Crippen LogP contribution is 2.20.